The first kappa shape index (κ1) is 17.5. The predicted octanol–water partition coefficient (Wildman–Crippen LogP) is 2.70. The maximum absolute atomic E-state index is 11.8. The summed E-state index contributed by atoms with van der Waals surface area (Å²) in [5, 5.41) is 5.47. The third kappa shape index (κ3) is 6.62. The summed E-state index contributed by atoms with van der Waals surface area (Å²) in [4.78, 5) is 23.4. The van der Waals surface area contributed by atoms with Gasteiger partial charge in [-0.3, -0.25) is 9.59 Å². The molecular weight excluding hydrogens is 336 g/mol. The standard InChI is InChI=1S/C15H21BrN2O3/c1-4-21-12-7-5-6-11(10-12)18-13(19)8-9-17-14(20)15(2,3)16/h5-7,10H,4,8-9H2,1-3H3,(H,17,20)(H,18,19). The van der Waals surface area contributed by atoms with E-state index in [0.29, 0.717) is 24.6 Å². The topological polar surface area (TPSA) is 67.4 Å². The molecule has 0 saturated heterocycles. The average Bonchev–Trinajstić information content (AvgIpc) is 2.38. The molecule has 0 radical (unpaired) electrons. The summed E-state index contributed by atoms with van der Waals surface area (Å²) in [5.41, 5.74) is 0.679. The Morgan fingerprint density at radius 1 is 1.33 bits per heavy atom. The number of anilines is 1. The number of carbonyl (C=O) groups is 2. The van der Waals surface area contributed by atoms with Crippen LogP contribution < -0.4 is 15.4 Å². The number of hydrogen-bond acceptors (Lipinski definition) is 3. The molecular formula is C15H21BrN2O3. The highest BCUT2D eigenvalue weighted by Gasteiger charge is 2.22. The lowest BCUT2D eigenvalue weighted by atomic mass is 10.2. The summed E-state index contributed by atoms with van der Waals surface area (Å²) in [6.07, 6.45) is 0.216. The minimum atomic E-state index is -0.630. The van der Waals surface area contributed by atoms with Crippen molar-refractivity contribution in [3.05, 3.63) is 24.3 Å². The van der Waals surface area contributed by atoms with Gasteiger partial charge in [0, 0.05) is 24.7 Å². The molecule has 0 atom stereocenters. The lowest BCUT2D eigenvalue weighted by Gasteiger charge is -2.15. The number of rotatable bonds is 7. The second-order valence-corrected chi connectivity index (χ2v) is 6.97. The molecule has 1 aromatic rings. The van der Waals surface area contributed by atoms with Gasteiger partial charge < -0.3 is 15.4 Å². The van der Waals surface area contributed by atoms with Gasteiger partial charge in [-0.25, -0.2) is 0 Å². The van der Waals surface area contributed by atoms with E-state index in [9.17, 15) is 9.59 Å². The van der Waals surface area contributed by atoms with E-state index in [1.165, 1.54) is 0 Å². The van der Waals surface area contributed by atoms with E-state index in [1.54, 1.807) is 26.0 Å². The first-order chi connectivity index (χ1) is 9.82. The van der Waals surface area contributed by atoms with Crippen LogP contribution in [-0.2, 0) is 9.59 Å². The van der Waals surface area contributed by atoms with Crippen molar-refractivity contribution >= 4 is 33.4 Å². The van der Waals surface area contributed by atoms with Gasteiger partial charge in [0.05, 0.1) is 10.9 Å². The molecule has 2 N–H and O–H groups in total. The summed E-state index contributed by atoms with van der Waals surface area (Å²) in [5.74, 6) is 0.412. The normalized spacial score (nSPS) is 10.9. The van der Waals surface area contributed by atoms with Gasteiger partial charge in [-0.2, -0.15) is 0 Å². The maximum Gasteiger partial charge on any atom is 0.236 e. The van der Waals surface area contributed by atoms with Crippen LogP contribution >= 0.6 is 15.9 Å². The van der Waals surface area contributed by atoms with Crippen LogP contribution in [0.5, 0.6) is 5.75 Å². The molecule has 0 fully saturated rings. The van der Waals surface area contributed by atoms with Gasteiger partial charge in [0.2, 0.25) is 11.8 Å². The van der Waals surface area contributed by atoms with Crippen LogP contribution in [0.25, 0.3) is 0 Å². The van der Waals surface area contributed by atoms with E-state index in [2.05, 4.69) is 26.6 Å². The van der Waals surface area contributed by atoms with E-state index in [0.717, 1.165) is 0 Å². The Bertz CT molecular complexity index is 498. The Balaban J connectivity index is 2.40. The molecule has 0 saturated carbocycles. The minimum absolute atomic E-state index is 0.145. The van der Waals surface area contributed by atoms with Crippen molar-refractivity contribution < 1.29 is 14.3 Å². The molecule has 0 aliphatic heterocycles. The zero-order valence-electron chi connectivity index (χ0n) is 12.5. The lowest BCUT2D eigenvalue weighted by molar-refractivity contribution is -0.122. The summed E-state index contributed by atoms with van der Waals surface area (Å²) in [6.45, 7) is 6.28. The van der Waals surface area contributed by atoms with E-state index in [4.69, 9.17) is 4.74 Å². The van der Waals surface area contributed by atoms with Crippen LogP contribution in [-0.4, -0.2) is 29.3 Å². The fourth-order valence-electron chi connectivity index (χ4n) is 1.55. The molecule has 0 aliphatic carbocycles. The summed E-state index contributed by atoms with van der Waals surface area (Å²) in [7, 11) is 0. The molecule has 1 aromatic carbocycles. The van der Waals surface area contributed by atoms with Crippen LogP contribution in [0.2, 0.25) is 0 Å². The van der Waals surface area contributed by atoms with E-state index >= 15 is 0 Å². The van der Waals surface area contributed by atoms with Gasteiger partial charge in [-0.05, 0) is 32.9 Å². The fraction of sp³-hybridized carbons (Fsp3) is 0.467. The summed E-state index contributed by atoms with van der Waals surface area (Å²) in [6, 6.07) is 7.20. The highest BCUT2D eigenvalue weighted by Crippen LogP contribution is 2.17. The number of ether oxygens (including phenoxy) is 1. The van der Waals surface area contributed by atoms with Gasteiger partial charge in [-0.15, -0.1) is 0 Å². The SMILES string of the molecule is CCOc1cccc(NC(=O)CCNC(=O)C(C)(C)Br)c1. The number of benzene rings is 1. The number of alkyl halides is 1. The molecule has 1 rings (SSSR count). The minimum Gasteiger partial charge on any atom is -0.494 e. The number of amides is 2. The first-order valence-corrected chi connectivity index (χ1v) is 7.62. The second kappa shape index (κ2) is 8.02. The number of hydrogen-bond donors (Lipinski definition) is 2. The van der Waals surface area contributed by atoms with E-state index in [-0.39, 0.29) is 18.2 Å². The van der Waals surface area contributed by atoms with Crippen molar-refractivity contribution in [2.45, 2.75) is 31.5 Å². The quantitative estimate of drug-likeness (QED) is 0.738. The molecule has 6 heteroatoms. The molecule has 0 aliphatic rings. The first-order valence-electron chi connectivity index (χ1n) is 6.83. The van der Waals surface area contributed by atoms with Gasteiger partial charge in [-0.1, -0.05) is 22.0 Å². The van der Waals surface area contributed by atoms with Gasteiger partial charge in [0.15, 0.2) is 0 Å². The number of halogens is 1. The van der Waals surface area contributed by atoms with Crippen molar-refractivity contribution in [1.82, 2.24) is 5.32 Å². The van der Waals surface area contributed by atoms with Crippen LogP contribution in [0, 0.1) is 0 Å². The van der Waals surface area contributed by atoms with Crippen LogP contribution in [0.3, 0.4) is 0 Å². The molecule has 0 aromatic heterocycles. The number of nitrogens with one attached hydrogen (secondary N) is 2. The molecule has 116 valence electrons. The monoisotopic (exact) mass is 356 g/mol. The third-order valence-electron chi connectivity index (χ3n) is 2.61. The highest BCUT2D eigenvalue weighted by atomic mass is 79.9. The van der Waals surface area contributed by atoms with Crippen LogP contribution in [0.1, 0.15) is 27.2 Å². The zero-order valence-corrected chi connectivity index (χ0v) is 14.1. The van der Waals surface area contributed by atoms with Gasteiger partial charge in [0.25, 0.3) is 0 Å². The van der Waals surface area contributed by atoms with E-state index < -0.39 is 4.32 Å². The smallest absolute Gasteiger partial charge is 0.236 e. The Morgan fingerprint density at radius 2 is 2.05 bits per heavy atom. The Kier molecular flexibility index (Phi) is 6.68. The third-order valence-corrected chi connectivity index (χ3v) is 2.97. The van der Waals surface area contributed by atoms with Crippen molar-refractivity contribution in [2.24, 2.45) is 0 Å². The molecule has 0 spiro atoms. The number of carbonyl (C=O) groups excluding carboxylic acids is 2. The molecule has 5 nitrogen and oxygen atoms in total. The molecule has 0 heterocycles. The second-order valence-electron chi connectivity index (χ2n) is 4.99. The largest absolute Gasteiger partial charge is 0.494 e. The predicted molar refractivity (Wildman–Crippen MR) is 86.9 cm³/mol. The van der Waals surface area contributed by atoms with Gasteiger partial charge in [0.1, 0.15) is 5.75 Å². The van der Waals surface area contributed by atoms with Crippen LogP contribution in [0.4, 0.5) is 5.69 Å². The Labute approximate surface area is 133 Å². The molecule has 0 bridgehead atoms. The molecule has 2 amide bonds. The molecule has 21 heavy (non-hydrogen) atoms. The van der Waals surface area contributed by atoms with Crippen molar-refractivity contribution in [2.75, 3.05) is 18.5 Å². The van der Waals surface area contributed by atoms with Gasteiger partial charge >= 0.3 is 0 Å². The Morgan fingerprint density at radius 3 is 2.67 bits per heavy atom. The fourth-order valence-corrected chi connectivity index (χ4v) is 1.69. The van der Waals surface area contributed by atoms with Crippen molar-refractivity contribution in [3.63, 3.8) is 0 Å². The summed E-state index contributed by atoms with van der Waals surface area (Å²) < 4.78 is 4.73. The van der Waals surface area contributed by atoms with E-state index in [1.807, 2.05) is 19.1 Å². The average molecular weight is 357 g/mol. The van der Waals surface area contributed by atoms with Crippen molar-refractivity contribution in [3.8, 4) is 5.75 Å². The highest BCUT2D eigenvalue weighted by molar-refractivity contribution is 9.10. The summed E-state index contributed by atoms with van der Waals surface area (Å²) >= 11 is 3.26. The zero-order chi connectivity index (χ0) is 15.9. The van der Waals surface area contributed by atoms with Crippen molar-refractivity contribution in [1.29, 1.82) is 0 Å². The van der Waals surface area contributed by atoms with Crippen LogP contribution in [0.15, 0.2) is 24.3 Å². The Hall–Kier alpha value is -1.56. The molecule has 0 unspecified atom stereocenters. The lowest BCUT2D eigenvalue weighted by Crippen LogP contribution is -2.38. The maximum atomic E-state index is 11.8.